The molecule has 4 rings (SSSR count). The molecule has 0 aliphatic carbocycles. The summed E-state index contributed by atoms with van der Waals surface area (Å²) in [4.78, 5) is 26.0. The second-order valence-corrected chi connectivity index (χ2v) is 12.2. The van der Waals surface area contributed by atoms with Crippen molar-refractivity contribution < 1.29 is 77.1 Å². The number of ether oxygens (including phenoxy) is 9. The number of hydrogen-bond acceptors (Lipinski definition) is 16. The Bertz CT molecular complexity index is 1080. The van der Waals surface area contributed by atoms with Crippen molar-refractivity contribution in [1.82, 2.24) is 0 Å². The van der Waals surface area contributed by atoms with Gasteiger partial charge in [0.05, 0.1) is 31.2 Å². The molecule has 0 aromatic carbocycles. The molecule has 1 aromatic rings. The van der Waals surface area contributed by atoms with Crippen molar-refractivity contribution in [2.45, 2.75) is 133 Å². The number of esters is 2. The van der Waals surface area contributed by atoms with E-state index in [2.05, 4.69) is 0 Å². The van der Waals surface area contributed by atoms with Crippen LogP contribution in [0, 0.1) is 0 Å². The lowest BCUT2D eigenvalue weighted by molar-refractivity contribution is -0.311. The van der Waals surface area contributed by atoms with Crippen LogP contribution >= 0.6 is 0 Å². The van der Waals surface area contributed by atoms with Gasteiger partial charge in [-0.05, 0) is 59.1 Å². The Morgan fingerprint density at radius 1 is 0.830 bits per heavy atom. The molecule has 0 saturated carbocycles. The molecule has 3 unspecified atom stereocenters. The molecular weight excluding hydrogens is 628 g/mol. The Morgan fingerprint density at radius 2 is 1.47 bits per heavy atom. The molecule has 4 N–H and O–H groups in total. The van der Waals surface area contributed by atoms with E-state index in [-0.39, 0.29) is 45.1 Å². The van der Waals surface area contributed by atoms with Crippen LogP contribution in [0.3, 0.4) is 0 Å². The highest BCUT2D eigenvalue weighted by Crippen LogP contribution is 2.29. The van der Waals surface area contributed by atoms with Crippen molar-refractivity contribution in [3.63, 3.8) is 0 Å². The van der Waals surface area contributed by atoms with Crippen molar-refractivity contribution in [1.29, 1.82) is 0 Å². The molecule has 0 bridgehead atoms. The maximum Gasteiger partial charge on any atom is 0.338 e. The van der Waals surface area contributed by atoms with Gasteiger partial charge in [-0.2, -0.15) is 0 Å². The van der Waals surface area contributed by atoms with E-state index < -0.39 is 79.5 Å². The summed E-state index contributed by atoms with van der Waals surface area (Å²) in [6.45, 7) is 7.04. The third-order valence-corrected chi connectivity index (χ3v) is 7.64. The maximum atomic E-state index is 13.0. The fourth-order valence-electron chi connectivity index (χ4n) is 5.35. The summed E-state index contributed by atoms with van der Waals surface area (Å²) in [6.07, 6.45) is -12.2. The molecule has 47 heavy (non-hydrogen) atoms. The zero-order chi connectivity index (χ0) is 34.1. The van der Waals surface area contributed by atoms with Crippen LogP contribution in [-0.2, 0) is 58.8 Å². The highest BCUT2D eigenvalue weighted by Gasteiger charge is 2.51. The number of hydrogen-bond donors (Lipinski definition) is 4. The van der Waals surface area contributed by atoms with E-state index in [9.17, 15) is 30.0 Å². The van der Waals surface area contributed by atoms with Crippen LogP contribution in [0.4, 0.5) is 0 Å². The Morgan fingerprint density at radius 3 is 2.13 bits per heavy atom. The standard InChI is InChI=1S/C31H48O16/c1-16(2)44-25-21(33)22(34)30(46-27(25)29(37)43-15-19-9-6-11-39-19)41-13-7-12-40-24-20(32)23(35)31(45-17(3)4)47-26(24)28(36)42-14-18-8-5-10-38-18/h6,9,11,16-18,20-27,30-35H,5,7-8,10,12-15H2,1-4H3/t18?,20-,21-,22+,23+,24+,25+,26?,27?,30-,31-/m1/s1. The first kappa shape index (κ1) is 37.6. The molecule has 4 heterocycles. The van der Waals surface area contributed by atoms with Crippen LogP contribution in [0.15, 0.2) is 22.8 Å². The Balaban J connectivity index is 1.32. The minimum Gasteiger partial charge on any atom is -0.466 e. The lowest BCUT2D eigenvalue weighted by atomic mass is 9.98. The third-order valence-electron chi connectivity index (χ3n) is 7.64. The first-order valence-electron chi connectivity index (χ1n) is 16.0. The average molecular weight is 677 g/mol. The zero-order valence-corrected chi connectivity index (χ0v) is 27.1. The van der Waals surface area contributed by atoms with E-state index in [0.29, 0.717) is 12.4 Å². The number of carbonyl (C=O) groups excluding carboxylic acids is 2. The van der Waals surface area contributed by atoms with Gasteiger partial charge in [0.25, 0.3) is 0 Å². The van der Waals surface area contributed by atoms with Gasteiger partial charge in [-0.3, -0.25) is 0 Å². The van der Waals surface area contributed by atoms with E-state index in [1.807, 2.05) is 0 Å². The van der Waals surface area contributed by atoms with Gasteiger partial charge < -0.3 is 67.5 Å². The monoisotopic (exact) mass is 676 g/mol. The van der Waals surface area contributed by atoms with E-state index >= 15 is 0 Å². The summed E-state index contributed by atoms with van der Waals surface area (Å²) >= 11 is 0. The van der Waals surface area contributed by atoms with Gasteiger partial charge in [-0.15, -0.1) is 0 Å². The van der Waals surface area contributed by atoms with Crippen LogP contribution in [0.2, 0.25) is 0 Å². The number of aliphatic hydroxyl groups is 4. The van der Waals surface area contributed by atoms with Crippen molar-refractivity contribution >= 4 is 11.9 Å². The molecule has 0 spiro atoms. The van der Waals surface area contributed by atoms with E-state index in [4.69, 9.17) is 47.0 Å². The molecule has 1 aromatic heterocycles. The first-order valence-corrected chi connectivity index (χ1v) is 16.0. The lowest BCUT2D eigenvalue weighted by Crippen LogP contribution is -2.62. The number of carbonyl (C=O) groups is 2. The predicted molar refractivity (Wildman–Crippen MR) is 156 cm³/mol. The Labute approximate surface area is 273 Å². The van der Waals surface area contributed by atoms with Crippen molar-refractivity contribution in [2.24, 2.45) is 0 Å². The smallest absolute Gasteiger partial charge is 0.338 e. The third kappa shape index (κ3) is 10.4. The molecule has 0 amide bonds. The topological polar surface area (TPSA) is 211 Å². The largest absolute Gasteiger partial charge is 0.466 e. The summed E-state index contributed by atoms with van der Waals surface area (Å²) in [5.41, 5.74) is 0. The summed E-state index contributed by atoms with van der Waals surface area (Å²) in [6, 6.07) is 3.26. The average Bonchev–Trinajstić information content (AvgIpc) is 3.75. The van der Waals surface area contributed by atoms with Crippen LogP contribution in [0.1, 0.15) is 52.7 Å². The molecule has 0 radical (unpaired) electrons. The maximum absolute atomic E-state index is 13.0. The number of aliphatic hydroxyl groups excluding tert-OH is 4. The molecule has 16 heteroatoms. The SMILES string of the molecule is CC(C)O[C@@H]1OC(C(=O)OCC2CCCO2)[C@@H](OCCCO[C@@H]2OC(C(=O)OCc3ccco3)[C@@H](OC(C)C)[C@H](O)[C@@H]2O)[C@H](O)[C@@H]1O. The van der Waals surface area contributed by atoms with E-state index in [1.54, 1.807) is 39.8 Å². The van der Waals surface area contributed by atoms with E-state index in [0.717, 1.165) is 12.8 Å². The van der Waals surface area contributed by atoms with Crippen LogP contribution in [-0.4, -0.2) is 139 Å². The summed E-state index contributed by atoms with van der Waals surface area (Å²) in [5.74, 6) is -1.26. The molecule has 3 fully saturated rings. The Kier molecular flexibility index (Phi) is 14.4. The second kappa shape index (κ2) is 18.0. The molecule has 3 aliphatic heterocycles. The van der Waals surface area contributed by atoms with Crippen LogP contribution < -0.4 is 0 Å². The molecule has 11 atom stereocenters. The predicted octanol–water partition coefficient (Wildman–Crippen LogP) is -0.0511. The van der Waals surface area contributed by atoms with Gasteiger partial charge in [0.2, 0.25) is 0 Å². The fraction of sp³-hybridized carbons (Fsp3) is 0.806. The molecule has 268 valence electrons. The zero-order valence-electron chi connectivity index (χ0n) is 27.1. The van der Waals surface area contributed by atoms with Gasteiger partial charge in [-0.1, -0.05) is 0 Å². The normalized spacial score (nSPS) is 34.6. The van der Waals surface area contributed by atoms with E-state index in [1.165, 1.54) is 6.26 Å². The lowest BCUT2D eigenvalue weighted by Gasteiger charge is -2.42. The summed E-state index contributed by atoms with van der Waals surface area (Å²) < 4.78 is 55.5. The Hall–Kier alpha value is -2.22. The van der Waals surface area contributed by atoms with Crippen molar-refractivity contribution in [3.05, 3.63) is 24.2 Å². The minimum atomic E-state index is -1.57. The minimum absolute atomic E-state index is 0.00359. The van der Waals surface area contributed by atoms with Crippen molar-refractivity contribution in [2.75, 3.05) is 26.4 Å². The number of rotatable bonds is 16. The highest BCUT2D eigenvalue weighted by atomic mass is 16.7. The van der Waals surface area contributed by atoms with Gasteiger partial charge in [0.1, 0.15) is 55.6 Å². The highest BCUT2D eigenvalue weighted by molar-refractivity contribution is 5.76. The molecular formula is C31H48O16. The van der Waals surface area contributed by atoms with Crippen LogP contribution in [0.25, 0.3) is 0 Å². The van der Waals surface area contributed by atoms with Crippen LogP contribution in [0.5, 0.6) is 0 Å². The first-order chi connectivity index (χ1) is 22.5. The quantitative estimate of drug-likeness (QED) is 0.134. The molecule has 3 saturated heterocycles. The molecule has 3 aliphatic rings. The second-order valence-electron chi connectivity index (χ2n) is 12.2. The molecule has 16 nitrogen and oxygen atoms in total. The van der Waals surface area contributed by atoms with Gasteiger partial charge >= 0.3 is 11.9 Å². The number of furan rings is 1. The van der Waals surface area contributed by atoms with Gasteiger partial charge in [0.15, 0.2) is 24.8 Å². The summed E-state index contributed by atoms with van der Waals surface area (Å²) in [7, 11) is 0. The fourth-order valence-corrected chi connectivity index (χ4v) is 5.35. The van der Waals surface area contributed by atoms with Gasteiger partial charge in [-0.25, -0.2) is 9.59 Å². The summed E-state index contributed by atoms with van der Waals surface area (Å²) in [5, 5.41) is 43.0. The van der Waals surface area contributed by atoms with Gasteiger partial charge in [0, 0.05) is 13.2 Å². The van der Waals surface area contributed by atoms with Crippen molar-refractivity contribution in [3.8, 4) is 0 Å².